The second-order valence-electron chi connectivity index (χ2n) is 5.71. The summed E-state index contributed by atoms with van der Waals surface area (Å²) in [5.41, 5.74) is 1.45. The van der Waals surface area contributed by atoms with Gasteiger partial charge >= 0.3 is 0 Å². The van der Waals surface area contributed by atoms with Crippen LogP contribution in [0, 0.1) is 5.82 Å². The molecule has 3 unspecified atom stereocenters. The molecule has 0 saturated carbocycles. The van der Waals surface area contributed by atoms with Gasteiger partial charge in [-0.3, -0.25) is 4.90 Å². The Kier molecular flexibility index (Phi) is 4.46. The molecule has 1 fully saturated rings. The molecule has 0 amide bonds. The minimum absolute atomic E-state index is 0.302. The lowest BCUT2D eigenvalue weighted by molar-refractivity contribution is 0.103. The summed E-state index contributed by atoms with van der Waals surface area (Å²) in [7, 11) is 0. The second kappa shape index (κ2) is 6.18. The van der Waals surface area contributed by atoms with Gasteiger partial charge in [0.1, 0.15) is 5.82 Å². The Bertz CT molecular complexity index is 631. The molecule has 1 aliphatic heterocycles. The lowest BCUT2D eigenvalue weighted by Crippen LogP contribution is -2.42. The SMILES string of the molecule is CC(O)CN1CCC(c2noc3cc(F)ccc23)CC1I. The molecular formula is C15H18FIN2O2. The van der Waals surface area contributed by atoms with E-state index in [-0.39, 0.29) is 11.9 Å². The van der Waals surface area contributed by atoms with E-state index >= 15 is 0 Å². The largest absolute Gasteiger partial charge is 0.392 e. The molecule has 3 atom stereocenters. The smallest absolute Gasteiger partial charge is 0.170 e. The topological polar surface area (TPSA) is 49.5 Å². The highest BCUT2D eigenvalue weighted by molar-refractivity contribution is 14.1. The average molecular weight is 404 g/mol. The summed E-state index contributed by atoms with van der Waals surface area (Å²) in [5.74, 6) is 0.0209. The predicted molar refractivity (Wildman–Crippen MR) is 87.0 cm³/mol. The van der Waals surface area contributed by atoms with E-state index in [0.717, 1.165) is 30.5 Å². The Morgan fingerprint density at radius 1 is 1.57 bits per heavy atom. The number of nitrogens with zero attached hydrogens (tertiary/aromatic N) is 2. The molecule has 2 aromatic rings. The Morgan fingerprint density at radius 2 is 2.38 bits per heavy atom. The molecule has 0 radical (unpaired) electrons. The van der Waals surface area contributed by atoms with Crippen molar-refractivity contribution in [3.8, 4) is 0 Å². The Labute approximate surface area is 136 Å². The number of piperidine rings is 1. The minimum Gasteiger partial charge on any atom is -0.392 e. The number of hydrogen-bond acceptors (Lipinski definition) is 4. The van der Waals surface area contributed by atoms with Gasteiger partial charge in [-0.05, 0) is 38.4 Å². The molecule has 4 nitrogen and oxygen atoms in total. The number of likely N-dealkylation sites (tertiary alicyclic amines) is 1. The summed E-state index contributed by atoms with van der Waals surface area (Å²) in [6, 6.07) is 4.59. The van der Waals surface area contributed by atoms with Crippen molar-refractivity contribution in [1.29, 1.82) is 0 Å². The first-order chi connectivity index (χ1) is 10.0. The number of benzene rings is 1. The quantitative estimate of drug-likeness (QED) is 0.485. The van der Waals surface area contributed by atoms with Gasteiger partial charge in [-0.25, -0.2) is 4.39 Å². The molecule has 1 aromatic heterocycles. The Morgan fingerprint density at radius 3 is 3.10 bits per heavy atom. The molecule has 1 aromatic carbocycles. The zero-order valence-corrected chi connectivity index (χ0v) is 14.0. The van der Waals surface area contributed by atoms with Gasteiger partial charge < -0.3 is 9.63 Å². The second-order valence-corrected chi connectivity index (χ2v) is 7.15. The summed E-state index contributed by atoms with van der Waals surface area (Å²) in [6.45, 7) is 3.44. The van der Waals surface area contributed by atoms with Gasteiger partial charge in [0, 0.05) is 23.9 Å². The fraction of sp³-hybridized carbons (Fsp3) is 0.533. The third-order valence-electron chi connectivity index (χ3n) is 3.99. The summed E-state index contributed by atoms with van der Waals surface area (Å²) < 4.78 is 18.8. The maximum Gasteiger partial charge on any atom is 0.170 e. The van der Waals surface area contributed by atoms with E-state index in [0.29, 0.717) is 22.1 Å². The van der Waals surface area contributed by atoms with Crippen LogP contribution in [0.4, 0.5) is 4.39 Å². The van der Waals surface area contributed by atoms with Crippen LogP contribution < -0.4 is 0 Å². The van der Waals surface area contributed by atoms with E-state index in [1.807, 2.05) is 6.92 Å². The first kappa shape index (κ1) is 15.2. The van der Waals surface area contributed by atoms with Crippen molar-refractivity contribution in [1.82, 2.24) is 10.1 Å². The van der Waals surface area contributed by atoms with Gasteiger partial charge in [-0.15, -0.1) is 0 Å². The van der Waals surface area contributed by atoms with E-state index in [9.17, 15) is 9.50 Å². The standard InChI is InChI=1S/C15H18FIN2O2/c1-9(20)8-19-5-4-10(6-14(19)17)15-12-3-2-11(16)7-13(12)21-18-15/h2-3,7,9-10,14,20H,4-6,8H2,1H3. The number of alkyl halides is 1. The molecule has 0 spiro atoms. The van der Waals surface area contributed by atoms with Crippen LogP contribution in [-0.2, 0) is 0 Å². The molecule has 3 rings (SSSR count). The monoisotopic (exact) mass is 404 g/mol. The average Bonchev–Trinajstić information content (AvgIpc) is 2.83. The third-order valence-corrected chi connectivity index (χ3v) is 5.28. The first-order valence-electron chi connectivity index (χ1n) is 7.15. The first-order valence-corrected chi connectivity index (χ1v) is 8.40. The number of halogens is 2. The maximum absolute atomic E-state index is 13.2. The number of rotatable bonds is 3. The number of aliphatic hydroxyl groups is 1. The molecule has 1 saturated heterocycles. The highest BCUT2D eigenvalue weighted by Gasteiger charge is 2.30. The predicted octanol–water partition coefficient (Wildman–Crippen LogP) is 3.29. The molecule has 1 N–H and O–H groups in total. The van der Waals surface area contributed by atoms with Gasteiger partial charge in [-0.1, -0.05) is 27.7 Å². The van der Waals surface area contributed by atoms with Gasteiger partial charge in [0.05, 0.1) is 15.8 Å². The van der Waals surface area contributed by atoms with Gasteiger partial charge in [-0.2, -0.15) is 0 Å². The molecule has 2 heterocycles. The van der Waals surface area contributed by atoms with Crippen molar-refractivity contribution < 1.29 is 14.0 Å². The van der Waals surface area contributed by atoms with Crippen LogP contribution in [-0.4, -0.2) is 38.4 Å². The number of hydrogen-bond donors (Lipinski definition) is 1. The van der Waals surface area contributed by atoms with Crippen molar-refractivity contribution in [2.45, 2.75) is 35.8 Å². The fourth-order valence-corrected chi connectivity index (χ4v) is 4.10. The Balaban J connectivity index is 1.78. The Hall–Kier alpha value is -0.730. The third kappa shape index (κ3) is 3.22. The lowest BCUT2D eigenvalue weighted by Gasteiger charge is -2.36. The van der Waals surface area contributed by atoms with E-state index in [1.54, 1.807) is 6.07 Å². The molecular weight excluding hydrogens is 386 g/mol. The van der Waals surface area contributed by atoms with Gasteiger partial charge in [0.15, 0.2) is 5.58 Å². The van der Waals surface area contributed by atoms with Crippen molar-refractivity contribution >= 4 is 33.6 Å². The summed E-state index contributed by atoms with van der Waals surface area (Å²) in [5, 5.41) is 14.6. The van der Waals surface area contributed by atoms with Crippen molar-refractivity contribution in [3.63, 3.8) is 0 Å². The maximum atomic E-state index is 13.2. The van der Waals surface area contributed by atoms with Crippen LogP contribution >= 0.6 is 22.6 Å². The van der Waals surface area contributed by atoms with Crippen LogP contribution in [0.3, 0.4) is 0 Å². The van der Waals surface area contributed by atoms with Gasteiger partial charge in [0.2, 0.25) is 0 Å². The number of aliphatic hydroxyl groups excluding tert-OH is 1. The van der Waals surface area contributed by atoms with Crippen LogP contribution in [0.5, 0.6) is 0 Å². The molecule has 0 bridgehead atoms. The van der Waals surface area contributed by atoms with E-state index in [4.69, 9.17) is 4.52 Å². The lowest BCUT2D eigenvalue weighted by atomic mass is 9.91. The van der Waals surface area contributed by atoms with Crippen LogP contribution in [0.15, 0.2) is 22.7 Å². The molecule has 114 valence electrons. The van der Waals surface area contributed by atoms with E-state index < -0.39 is 0 Å². The fourth-order valence-electron chi connectivity index (χ4n) is 2.98. The number of fused-ring (bicyclic) bond motifs is 1. The van der Waals surface area contributed by atoms with Crippen molar-refractivity contribution in [2.24, 2.45) is 0 Å². The summed E-state index contributed by atoms with van der Waals surface area (Å²) in [6.07, 6.45) is 1.63. The van der Waals surface area contributed by atoms with E-state index in [2.05, 4.69) is 32.6 Å². The number of aromatic nitrogens is 1. The minimum atomic E-state index is -0.310. The van der Waals surface area contributed by atoms with Crippen molar-refractivity contribution in [3.05, 3.63) is 29.7 Å². The molecule has 6 heteroatoms. The van der Waals surface area contributed by atoms with E-state index in [1.165, 1.54) is 12.1 Å². The molecule has 1 aliphatic rings. The van der Waals surface area contributed by atoms with Gasteiger partial charge in [0.25, 0.3) is 0 Å². The molecule has 21 heavy (non-hydrogen) atoms. The zero-order valence-electron chi connectivity index (χ0n) is 11.8. The normalized spacial score (nSPS) is 25.3. The number of β-amino-alcohol motifs (C(OH)–C–C–N with tert-alkyl or cyclic N) is 1. The molecule has 0 aliphatic carbocycles. The summed E-state index contributed by atoms with van der Waals surface area (Å²) in [4.78, 5) is 2.30. The summed E-state index contributed by atoms with van der Waals surface area (Å²) >= 11 is 2.42. The zero-order chi connectivity index (χ0) is 15.0. The van der Waals surface area contributed by atoms with Crippen LogP contribution in [0.25, 0.3) is 11.0 Å². The highest BCUT2D eigenvalue weighted by Crippen LogP contribution is 2.37. The highest BCUT2D eigenvalue weighted by atomic mass is 127. The van der Waals surface area contributed by atoms with Crippen LogP contribution in [0.1, 0.15) is 31.4 Å². The van der Waals surface area contributed by atoms with Crippen LogP contribution in [0.2, 0.25) is 0 Å². The van der Waals surface area contributed by atoms with Crippen molar-refractivity contribution in [2.75, 3.05) is 13.1 Å².